The van der Waals surface area contributed by atoms with Crippen molar-refractivity contribution in [2.45, 2.75) is 6.61 Å². The first-order valence-electron chi connectivity index (χ1n) is 10.3. The lowest BCUT2D eigenvalue weighted by Crippen LogP contribution is -2.44. The molecule has 1 aliphatic heterocycles. The molecule has 3 aromatic rings. The monoisotopic (exact) mass is 710 g/mol. The maximum absolute atomic E-state index is 13.0. The van der Waals surface area contributed by atoms with Crippen molar-refractivity contribution in [3.63, 3.8) is 0 Å². The summed E-state index contributed by atoms with van der Waals surface area (Å²) in [5.74, 6) is 0.200. The minimum absolute atomic E-state index is 0.233. The maximum Gasteiger partial charge on any atom is 0.285 e. The summed E-state index contributed by atoms with van der Waals surface area (Å²) < 4.78 is 14.3. The Morgan fingerprint density at radius 2 is 1.83 bits per heavy atom. The zero-order valence-electron chi connectivity index (χ0n) is 18.6. The van der Waals surface area contributed by atoms with Gasteiger partial charge in [-0.05, 0) is 93.9 Å². The molecule has 0 aromatic heterocycles. The molecule has 4 rings (SSSR count). The molecule has 184 valence electrons. The molecule has 1 heterocycles. The van der Waals surface area contributed by atoms with Crippen LogP contribution in [-0.2, 0) is 11.4 Å². The van der Waals surface area contributed by atoms with Gasteiger partial charge < -0.3 is 9.47 Å². The molecule has 6 nitrogen and oxygen atoms in total. The highest BCUT2D eigenvalue weighted by Crippen LogP contribution is 2.39. The van der Waals surface area contributed by atoms with E-state index in [2.05, 4.69) is 53.2 Å². The van der Waals surface area contributed by atoms with Crippen LogP contribution in [0.3, 0.4) is 0 Å². The van der Waals surface area contributed by atoms with E-state index in [1.54, 1.807) is 43.5 Å². The molecule has 0 bridgehead atoms. The van der Waals surface area contributed by atoms with Gasteiger partial charge >= 0.3 is 0 Å². The molecule has 1 N–H and O–H groups in total. The van der Waals surface area contributed by atoms with Crippen LogP contribution in [0.1, 0.15) is 21.5 Å². The normalized spacial score (nSPS) is 14.3. The maximum atomic E-state index is 13.0. The van der Waals surface area contributed by atoms with Crippen molar-refractivity contribution in [3.05, 3.63) is 95.7 Å². The molecular weight excluding hydrogens is 696 g/mol. The fourth-order valence-corrected chi connectivity index (χ4v) is 5.69. The zero-order valence-corrected chi connectivity index (χ0v) is 25.0. The van der Waals surface area contributed by atoms with Crippen molar-refractivity contribution in [1.29, 1.82) is 0 Å². The molecule has 1 saturated heterocycles. The Morgan fingerprint density at radius 1 is 1.08 bits per heavy atom. The minimum Gasteiger partial charge on any atom is -0.493 e. The number of hydrogen-bond acceptors (Lipinski definition) is 6. The molecule has 36 heavy (non-hydrogen) atoms. The highest BCUT2D eigenvalue weighted by Gasteiger charge is 2.34. The number of benzene rings is 3. The van der Waals surface area contributed by atoms with Crippen LogP contribution in [0, 0.1) is 0 Å². The number of carbonyl (C=O) groups excluding carboxylic acids is 2. The quantitative estimate of drug-likeness (QED) is 0.208. The molecule has 0 radical (unpaired) electrons. The number of thiocarbonyl (C=S) groups is 1. The minimum atomic E-state index is -0.434. The summed E-state index contributed by atoms with van der Waals surface area (Å²) in [4.78, 5) is 25.9. The van der Waals surface area contributed by atoms with Gasteiger partial charge in [0.25, 0.3) is 11.8 Å². The van der Waals surface area contributed by atoms with E-state index in [0.717, 1.165) is 31.3 Å². The van der Waals surface area contributed by atoms with Gasteiger partial charge in [-0.1, -0.05) is 55.8 Å². The Hall–Kier alpha value is -2.18. The van der Waals surface area contributed by atoms with E-state index in [1.807, 2.05) is 30.3 Å². The van der Waals surface area contributed by atoms with Crippen LogP contribution in [0.15, 0.2) is 79.0 Å². The third-order valence-corrected chi connectivity index (χ3v) is 7.85. The van der Waals surface area contributed by atoms with Crippen LogP contribution in [0.25, 0.3) is 6.08 Å². The zero-order chi connectivity index (χ0) is 25.8. The second-order valence-electron chi connectivity index (χ2n) is 7.42. The molecule has 3 aromatic carbocycles. The summed E-state index contributed by atoms with van der Waals surface area (Å²) >= 11 is 16.8. The van der Waals surface area contributed by atoms with Crippen LogP contribution >= 0.6 is 71.8 Å². The number of nitrogens with one attached hydrogen (secondary N) is 1. The fraction of sp³-hybridized carbons (Fsp3) is 0.0800. The third kappa shape index (κ3) is 6.38. The van der Waals surface area contributed by atoms with Crippen LogP contribution in [0.5, 0.6) is 11.5 Å². The number of amides is 2. The number of hydrogen-bond donors (Lipinski definition) is 1. The Morgan fingerprint density at radius 3 is 2.53 bits per heavy atom. The van der Waals surface area contributed by atoms with Crippen molar-refractivity contribution in [2.75, 3.05) is 7.11 Å². The summed E-state index contributed by atoms with van der Waals surface area (Å²) in [6, 6.07) is 18.2. The van der Waals surface area contributed by atoms with E-state index in [4.69, 9.17) is 21.7 Å². The molecule has 0 unspecified atom stereocenters. The van der Waals surface area contributed by atoms with Gasteiger partial charge in [0.1, 0.15) is 6.61 Å². The van der Waals surface area contributed by atoms with E-state index in [9.17, 15) is 9.59 Å². The van der Waals surface area contributed by atoms with Crippen LogP contribution in [0.4, 0.5) is 0 Å². The SMILES string of the molecule is COc1cc(/C=C2/SC(=S)N(NC(=O)c3ccc(Br)cc3)C2=O)cc(Br)c1OCc1cccc(Br)c1. The summed E-state index contributed by atoms with van der Waals surface area (Å²) in [6.07, 6.45) is 1.69. The van der Waals surface area contributed by atoms with Gasteiger partial charge in [0.2, 0.25) is 0 Å². The second-order valence-corrected chi connectivity index (χ2v) is 11.8. The second kappa shape index (κ2) is 11.9. The highest BCUT2D eigenvalue weighted by atomic mass is 79.9. The molecule has 0 saturated carbocycles. The average molecular weight is 713 g/mol. The Labute approximate surface area is 242 Å². The molecule has 1 fully saturated rings. The summed E-state index contributed by atoms with van der Waals surface area (Å²) in [7, 11) is 1.55. The fourth-order valence-electron chi connectivity index (χ4n) is 3.23. The highest BCUT2D eigenvalue weighted by molar-refractivity contribution is 9.11. The Bertz CT molecular complexity index is 1380. The summed E-state index contributed by atoms with van der Waals surface area (Å²) in [5, 5.41) is 1.08. The van der Waals surface area contributed by atoms with Gasteiger partial charge in [-0.2, -0.15) is 5.01 Å². The number of nitrogens with zero attached hydrogens (tertiary/aromatic N) is 1. The third-order valence-electron chi connectivity index (χ3n) is 4.94. The molecule has 11 heteroatoms. The smallest absolute Gasteiger partial charge is 0.285 e. The lowest BCUT2D eigenvalue weighted by Gasteiger charge is -2.15. The molecular formula is C25H17Br3N2O4S2. The number of methoxy groups -OCH3 is 1. The number of hydrazine groups is 1. The van der Waals surface area contributed by atoms with Crippen molar-refractivity contribution < 1.29 is 19.1 Å². The van der Waals surface area contributed by atoms with Gasteiger partial charge in [0.15, 0.2) is 15.8 Å². The molecule has 1 aliphatic rings. The lowest BCUT2D eigenvalue weighted by molar-refractivity contribution is -0.123. The standard InChI is InChI=1S/C25H17Br3N2O4S2/c1-33-20-11-15(10-19(28)22(20)34-13-14-3-2-4-18(27)9-14)12-21-24(32)30(25(35)36-21)29-23(31)16-5-7-17(26)8-6-16/h2-12H,13H2,1H3,(H,29,31)/b21-12+. The van der Waals surface area contributed by atoms with Crippen LogP contribution in [-0.4, -0.2) is 28.3 Å². The van der Waals surface area contributed by atoms with Gasteiger partial charge in [0.05, 0.1) is 16.5 Å². The average Bonchev–Trinajstić information content (AvgIpc) is 3.10. The van der Waals surface area contributed by atoms with Gasteiger partial charge in [0, 0.05) is 14.5 Å². The first-order valence-corrected chi connectivity index (χ1v) is 13.9. The van der Waals surface area contributed by atoms with Crippen molar-refractivity contribution in [1.82, 2.24) is 10.4 Å². The first kappa shape index (κ1) is 26.9. The van der Waals surface area contributed by atoms with Crippen molar-refractivity contribution in [3.8, 4) is 11.5 Å². The Kier molecular flexibility index (Phi) is 8.89. The molecule has 0 aliphatic carbocycles. The van der Waals surface area contributed by atoms with E-state index >= 15 is 0 Å². The largest absolute Gasteiger partial charge is 0.493 e. The molecule has 2 amide bonds. The summed E-state index contributed by atoms with van der Waals surface area (Å²) in [5.41, 5.74) is 4.68. The summed E-state index contributed by atoms with van der Waals surface area (Å²) in [6.45, 7) is 0.352. The van der Waals surface area contributed by atoms with E-state index < -0.39 is 11.8 Å². The van der Waals surface area contributed by atoms with Crippen LogP contribution in [0.2, 0.25) is 0 Å². The lowest BCUT2D eigenvalue weighted by atomic mass is 10.1. The van der Waals surface area contributed by atoms with Crippen LogP contribution < -0.4 is 14.9 Å². The number of halogens is 3. The first-order chi connectivity index (χ1) is 17.2. The number of carbonyl (C=O) groups is 2. The number of rotatable bonds is 7. The van der Waals surface area contributed by atoms with E-state index in [0.29, 0.717) is 38.6 Å². The Balaban J connectivity index is 1.51. The predicted octanol–water partition coefficient (Wildman–Crippen LogP) is 7.11. The molecule has 0 spiro atoms. The van der Waals surface area contributed by atoms with Crippen molar-refractivity contribution >= 4 is 94.0 Å². The van der Waals surface area contributed by atoms with Gasteiger partial charge in [-0.15, -0.1) is 0 Å². The van der Waals surface area contributed by atoms with Gasteiger partial charge in [-0.25, -0.2) is 0 Å². The predicted molar refractivity (Wildman–Crippen MR) is 156 cm³/mol. The number of thioether (sulfide) groups is 1. The number of ether oxygens (including phenoxy) is 2. The topological polar surface area (TPSA) is 67.9 Å². The van der Waals surface area contributed by atoms with E-state index in [-0.39, 0.29) is 4.32 Å². The molecule has 0 atom stereocenters. The van der Waals surface area contributed by atoms with Crippen molar-refractivity contribution in [2.24, 2.45) is 0 Å². The van der Waals surface area contributed by atoms with E-state index in [1.165, 1.54) is 0 Å². The van der Waals surface area contributed by atoms with Gasteiger partial charge in [-0.3, -0.25) is 15.0 Å².